The molecule has 4 rings (SSSR count). The van der Waals surface area contributed by atoms with E-state index in [0.29, 0.717) is 11.4 Å². The number of rotatable bonds is 7. The number of benzene rings is 2. The number of esters is 1. The average Bonchev–Trinajstić information content (AvgIpc) is 3.23. The predicted molar refractivity (Wildman–Crippen MR) is 112 cm³/mol. The summed E-state index contributed by atoms with van der Waals surface area (Å²) in [5, 5.41) is 2.65. The van der Waals surface area contributed by atoms with Crippen molar-refractivity contribution in [1.82, 2.24) is 9.97 Å². The van der Waals surface area contributed by atoms with E-state index in [-0.39, 0.29) is 19.0 Å². The summed E-state index contributed by atoms with van der Waals surface area (Å²) < 4.78 is 11.4. The van der Waals surface area contributed by atoms with Gasteiger partial charge in [-0.1, -0.05) is 42.5 Å². The molecule has 144 valence electrons. The third-order valence-electron chi connectivity index (χ3n) is 4.09. The first-order chi connectivity index (χ1) is 14.3. The molecule has 0 aliphatic carbocycles. The van der Waals surface area contributed by atoms with E-state index in [0.717, 1.165) is 22.0 Å². The molecule has 0 unspecified atom stereocenters. The van der Waals surface area contributed by atoms with E-state index in [2.05, 4.69) is 9.97 Å². The maximum absolute atomic E-state index is 12.3. The summed E-state index contributed by atoms with van der Waals surface area (Å²) in [6.07, 6.45) is 1.84. The lowest BCUT2D eigenvalue weighted by Crippen LogP contribution is -2.08. The van der Waals surface area contributed by atoms with Crippen molar-refractivity contribution in [3.8, 4) is 22.2 Å². The van der Waals surface area contributed by atoms with Crippen LogP contribution in [-0.4, -0.2) is 15.9 Å². The summed E-state index contributed by atoms with van der Waals surface area (Å²) in [5.74, 6) is 1.06. The zero-order valence-corrected chi connectivity index (χ0v) is 16.3. The van der Waals surface area contributed by atoms with Crippen LogP contribution in [0.15, 0.2) is 84.4 Å². The lowest BCUT2D eigenvalue weighted by molar-refractivity contribution is -0.144. The Morgan fingerprint density at radius 3 is 2.55 bits per heavy atom. The first-order valence-electron chi connectivity index (χ1n) is 9.10. The van der Waals surface area contributed by atoms with Crippen molar-refractivity contribution in [3.05, 3.63) is 95.6 Å². The molecule has 0 atom stereocenters. The van der Waals surface area contributed by atoms with Crippen LogP contribution >= 0.6 is 11.3 Å². The number of hydrogen-bond donors (Lipinski definition) is 0. The Hall–Kier alpha value is -3.51. The van der Waals surface area contributed by atoms with Crippen LogP contribution in [0.1, 0.15) is 11.3 Å². The number of para-hydroxylation sites is 2. The first kappa shape index (κ1) is 18.8. The molecular formula is C23H18N2O3S. The summed E-state index contributed by atoms with van der Waals surface area (Å²) in [5.41, 5.74) is 2.27. The Kier molecular flexibility index (Phi) is 5.92. The van der Waals surface area contributed by atoms with E-state index in [9.17, 15) is 4.79 Å². The van der Waals surface area contributed by atoms with Gasteiger partial charge in [-0.25, -0.2) is 4.98 Å². The van der Waals surface area contributed by atoms with Gasteiger partial charge in [-0.15, -0.1) is 11.3 Å². The summed E-state index contributed by atoms with van der Waals surface area (Å²) in [4.78, 5) is 21.0. The summed E-state index contributed by atoms with van der Waals surface area (Å²) >= 11 is 1.46. The van der Waals surface area contributed by atoms with E-state index in [4.69, 9.17) is 9.47 Å². The van der Waals surface area contributed by atoms with E-state index in [1.54, 1.807) is 6.20 Å². The maximum Gasteiger partial charge on any atom is 0.312 e. The van der Waals surface area contributed by atoms with Crippen molar-refractivity contribution < 1.29 is 14.3 Å². The van der Waals surface area contributed by atoms with Gasteiger partial charge >= 0.3 is 5.97 Å². The third kappa shape index (κ3) is 5.06. The molecule has 0 amide bonds. The summed E-state index contributed by atoms with van der Waals surface area (Å²) in [7, 11) is 0. The minimum atomic E-state index is -0.336. The Morgan fingerprint density at radius 2 is 1.72 bits per heavy atom. The van der Waals surface area contributed by atoms with Gasteiger partial charge in [-0.3, -0.25) is 9.78 Å². The van der Waals surface area contributed by atoms with E-state index in [1.807, 2.05) is 78.2 Å². The number of carbonyl (C=O) groups is 1. The highest BCUT2D eigenvalue weighted by atomic mass is 32.1. The molecular weight excluding hydrogens is 384 g/mol. The van der Waals surface area contributed by atoms with Gasteiger partial charge < -0.3 is 9.47 Å². The van der Waals surface area contributed by atoms with Crippen LogP contribution in [0.3, 0.4) is 0 Å². The highest BCUT2D eigenvalue weighted by Gasteiger charge is 2.12. The monoisotopic (exact) mass is 402 g/mol. The van der Waals surface area contributed by atoms with Crippen LogP contribution in [0.5, 0.6) is 11.5 Å². The highest BCUT2D eigenvalue weighted by Crippen LogP contribution is 2.26. The Labute approximate surface area is 172 Å². The van der Waals surface area contributed by atoms with Crippen molar-refractivity contribution in [2.45, 2.75) is 13.0 Å². The lowest BCUT2D eigenvalue weighted by atomic mass is 10.2. The number of carbonyl (C=O) groups excluding carboxylic acids is 1. The van der Waals surface area contributed by atoms with Gasteiger partial charge in [0.2, 0.25) is 0 Å². The molecule has 0 spiro atoms. The molecule has 0 saturated carbocycles. The minimum absolute atomic E-state index is 0.116. The molecule has 0 bridgehead atoms. The van der Waals surface area contributed by atoms with Crippen LogP contribution in [0.4, 0.5) is 0 Å². The molecule has 2 heterocycles. The molecule has 29 heavy (non-hydrogen) atoms. The summed E-state index contributed by atoms with van der Waals surface area (Å²) in [6, 6.07) is 22.7. The highest BCUT2D eigenvalue weighted by molar-refractivity contribution is 7.13. The van der Waals surface area contributed by atoms with Gasteiger partial charge in [0.1, 0.15) is 23.1 Å². The maximum atomic E-state index is 12.3. The molecule has 0 radical (unpaired) electrons. The van der Waals surface area contributed by atoms with Crippen molar-refractivity contribution >= 4 is 17.3 Å². The molecule has 2 aromatic carbocycles. The van der Waals surface area contributed by atoms with Gasteiger partial charge in [-0.2, -0.15) is 0 Å². The van der Waals surface area contributed by atoms with Crippen LogP contribution in [0.2, 0.25) is 0 Å². The fraction of sp³-hybridized carbons (Fsp3) is 0.0870. The number of aromatic nitrogens is 2. The second kappa shape index (κ2) is 9.12. The number of ether oxygens (including phenoxy) is 2. The van der Waals surface area contributed by atoms with Gasteiger partial charge in [0.25, 0.3) is 0 Å². The van der Waals surface area contributed by atoms with Crippen LogP contribution in [0.25, 0.3) is 10.7 Å². The molecule has 2 aromatic heterocycles. The molecule has 5 nitrogen and oxygen atoms in total. The van der Waals surface area contributed by atoms with Crippen molar-refractivity contribution in [1.29, 1.82) is 0 Å². The van der Waals surface area contributed by atoms with Gasteiger partial charge in [-0.05, 0) is 30.3 Å². The van der Waals surface area contributed by atoms with Gasteiger partial charge in [0, 0.05) is 17.1 Å². The molecule has 0 aliphatic heterocycles. The molecule has 6 heteroatoms. The second-order valence-electron chi connectivity index (χ2n) is 6.22. The minimum Gasteiger partial charge on any atom is -0.460 e. The van der Waals surface area contributed by atoms with E-state index in [1.165, 1.54) is 11.3 Å². The van der Waals surface area contributed by atoms with Gasteiger partial charge in [0.05, 0.1) is 17.8 Å². The smallest absolute Gasteiger partial charge is 0.312 e. The lowest BCUT2D eigenvalue weighted by Gasteiger charge is -2.11. The normalized spacial score (nSPS) is 10.5. The Balaban J connectivity index is 1.36. The Bertz CT molecular complexity index is 1080. The van der Waals surface area contributed by atoms with Crippen LogP contribution in [0, 0.1) is 0 Å². The first-order valence-corrected chi connectivity index (χ1v) is 9.98. The second-order valence-corrected chi connectivity index (χ2v) is 7.08. The average molecular weight is 402 g/mol. The van der Waals surface area contributed by atoms with Crippen molar-refractivity contribution in [3.63, 3.8) is 0 Å². The zero-order valence-electron chi connectivity index (χ0n) is 15.5. The number of nitrogens with zero attached hydrogens (tertiary/aromatic N) is 2. The summed E-state index contributed by atoms with van der Waals surface area (Å²) in [6.45, 7) is 0.138. The third-order valence-corrected chi connectivity index (χ3v) is 5.01. The molecule has 0 saturated heterocycles. The number of hydrogen-bond acceptors (Lipinski definition) is 6. The zero-order chi connectivity index (χ0) is 19.9. The molecule has 0 N–H and O–H groups in total. The van der Waals surface area contributed by atoms with Crippen LogP contribution in [-0.2, 0) is 22.6 Å². The Morgan fingerprint density at radius 1 is 0.931 bits per heavy atom. The molecule has 4 aromatic rings. The SMILES string of the molecule is O=C(Cc1csc(-c2ccccn2)n1)OCc1ccccc1Oc1ccccc1. The standard InChI is InChI=1S/C23H18N2O3S/c26-22(14-18-16-29-23(25-18)20-11-6-7-13-24-20)27-15-17-8-4-5-12-21(17)28-19-9-2-1-3-10-19/h1-13,16H,14-15H2. The quantitative estimate of drug-likeness (QED) is 0.394. The van der Waals surface area contributed by atoms with Crippen LogP contribution < -0.4 is 4.74 Å². The van der Waals surface area contributed by atoms with Crippen molar-refractivity contribution in [2.24, 2.45) is 0 Å². The molecule has 0 aliphatic rings. The molecule has 0 fully saturated rings. The van der Waals surface area contributed by atoms with E-state index < -0.39 is 0 Å². The van der Waals surface area contributed by atoms with Gasteiger partial charge in [0.15, 0.2) is 0 Å². The fourth-order valence-corrected chi connectivity index (χ4v) is 3.49. The topological polar surface area (TPSA) is 61.3 Å². The van der Waals surface area contributed by atoms with Crippen molar-refractivity contribution in [2.75, 3.05) is 0 Å². The predicted octanol–water partition coefficient (Wildman–Crippen LogP) is 5.28. The largest absolute Gasteiger partial charge is 0.460 e. The number of thiazole rings is 1. The van der Waals surface area contributed by atoms with E-state index >= 15 is 0 Å². The number of pyridine rings is 1. The fourth-order valence-electron chi connectivity index (χ4n) is 2.69.